The van der Waals surface area contributed by atoms with Crippen LogP contribution in [0.5, 0.6) is 0 Å². The van der Waals surface area contributed by atoms with Crippen molar-refractivity contribution in [2.24, 2.45) is 5.92 Å². The third-order valence-corrected chi connectivity index (χ3v) is 2.35. The van der Waals surface area contributed by atoms with Crippen molar-refractivity contribution in [2.45, 2.75) is 33.1 Å². The lowest BCUT2D eigenvalue weighted by molar-refractivity contribution is -0.129. The molecule has 64 valence electrons. The van der Waals surface area contributed by atoms with Gasteiger partial charge in [-0.25, -0.2) is 0 Å². The first-order valence-electron chi connectivity index (χ1n) is 4.45. The first kappa shape index (κ1) is 8.57. The van der Waals surface area contributed by atoms with Crippen molar-refractivity contribution in [2.75, 3.05) is 13.1 Å². The van der Waals surface area contributed by atoms with Crippen LogP contribution in [0.25, 0.3) is 0 Å². The fourth-order valence-corrected chi connectivity index (χ4v) is 1.64. The Labute approximate surface area is 68.6 Å². The summed E-state index contributed by atoms with van der Waals surface area (Å²) in [5.74, 6) is 0.931. The van der Waals surface area contributed by atoms with Crippen LogP contribution in [0.2, 0.25) is 0 Å². The van der Waals surface area contributed by atoms with Crippen molar-refractivity contribution in [3.05, 3.63) is 0 Å². The molecule has 1 rings (SSSR count). The van der Waals surface area contributed by atoms with Crippen molar-refractivity contribution in [1.29, 1.82) is 0 Å². The number of carbonyl (C=O) groups excluding carboxylic acids is 1. The Balaban J connectivity index is 2.45. The van der Waals surface area contributed by atoms with Crippen molar-refractivity contribution in [3.8, 4) is 0 Å². The third-order valence-electron chi connectivity index (χ3n) is 2.35. The molecular weight excluding hydrogens is 138 g/mol. The molecule has 1 aliphatic rings. The van der Waals surface area contributed by atoms with Gasteiger partial charge in [0.15, 0.2) is 0 Å². The summed E-state index contributed by atoms with van der Waals surface area (Å²) in [4.78, 5) is 13.0. The predicted molar refractivity (Wildman–Crippen MR) is 45.3 cm³/mol. The van der Waals surface area contributed by atoms with Gasteiger partial charge in [0.2, 0.25) is 5.91 Å². The molecule has 0 aliphatic carbocycles. The maximum absolute atomic E-state index is 11.0. The molecule has 2 heteroatoms. The van der Waals surface area contributed by atoms with Gasteiger partial charge in [0, 0.05) is 20.0 Å². The summed E-state index contributed by atoms with van der Waals surface area (Å²) in [6.07, 6.45) is 3.75. The molecule has 0 radical (unpaired) electrons. The second-order valence-corrected chi connectivity index (χ2v) is 3.57. The zero-order valence-electron chi connectivity index (χ0n) is 7.47. The van der Waals surface area contributed by atoms with Gasteiger partial charge in [0.1, 0.15) is 0 Å². The predicted octanol–water partition coefficient (Wildman–Crippen LogP) is 1.65. The number of carbonyl (C=O) groups is 1. The Hall–Kier alpha value is -0.530. The van der Waals surface area contributed by atoms with Crippen LogP contribution in [0.4, 0.5) is 0 Å². The van der Waals surface area contributed by atoms with Crippen molar-refractivity contribution in [1.82, 2.24) is 4.90 Å². The van der Waals surface area contributed by atoms with Gasteiger partial charge < -0.3 is 4.90 Å². The van der Waals surface area contributed by atoms with Crippen LogP contribution in [0.3, 0.4) is 0 Å². The summed E-state index contributed by atoms with van der Waals surface area (Å²) in [5.41, 5.74) is 0. The molecule has 1 fully saturated rings. The largest absolute Gasteiger partial charge is 0.343 e. The molecule has 0 aromatic rings. The second kappa shape index (κ2) is 3.74. The van der Waals surface area contributed by atoms with E-state index in [2.05, 4.69) is 6.92 Å². The Morgan fingerprint density at radius 2 is 2.18 bits per heavy atom. The van der Waals surface area contributed by atoms with E-state index in [1.54, 1.807) is 6.92 Å². The fourth-order valence-electron chi connectivity index (χ4n) is 1.64. The highest BCUT2D eigenvalue weighted by Crippen LogP contribution is 2.15. The van der Waals surface area contributed by atoms with Crippen molar-refractivity contribution >= 4 is 5.91 Å². The highest BCUT2D eigenvalue weighted by molar-refractivity contribution is 5.73. The molecule has 1 saturated heterocycles. The molecule has 0 saturated carbocycles. The summed E-state index contributed by atoms with van der Waals surface area (Å²) >= 11 is 0. The molecule has 1 amide bonds. The van der Waals surface area contributed by atoms with Gasteiger partial charge in [-0.3, -0.25) is 4.79 Å². The van der Waals surface area contributed by atoms with E-state index in [-0.39, 0.29) is 5.91 Å². The summed E-state index contributed by atoms with van der Waals surface area (Å²) in [6.45, 7) is 5.83. The van der Waals surface area contributed by atoms with Gasteiger partial charge in [-0.05, 0) is 18.8 Å². The first-order chi connectivity index (χ1) is 5.20. The SMILES string of the molecule is CC(=O)N1CCCCC(C)C1. The van der Waals surface area contributed by atoms with Crippen LogP contribution in [-0.2, 0) is 4.79 Å². The summed E-state index contributed by atoms with van der Waals surface area (Å²) in [7, 11) is 0. The van der Waals surface area contributed by atoms with Crippen LogP contribution in [0.15, 0.2) is 0 Å². The number of hydrogen-bond donors (Lipinski definition) is 0. The van der Waals surface area contributed by atoms with E-state index < -0.39 is 0 Å². The van der Waals surface area contributed by atoms with Crippen molar-refractivity contribution in [3.63, 3.8) is 0 Å². The van der Waals surface area contributed by atoms with Gasteiger partial charge in [-0.1, -0.05) is 13.3 Å². The van der Waals surface area contributed by atoms with E-state index in [0.717, 1.165) is 13.1 Å². The average molecular weight is 155 g/mol. The minimum Gasteiger partial charge on any atom is -0.343 e. The van der Waals surface area contributed by atoms with Gasteiger partial charge in [-0.2, -0.15) is 0 Å². The molecule has 1 unspecified atom stereocenters. The summed E-state index contributed by atoms with van der Waals surface area (Å²) in [6, 6.07) is 0. The van der Waals surface area contributed by atoms with Crippen LogP contribution < -0.4 is 0 Å². The molecule has 0 aromatic heterocycles. The number of hydrogen-bond acceptors (Lipinski definition) is 1. The molecule has 1 atom stereocenters. The molecule has 0 spiro atoms. The van der Waals surface area contributed by atoms with Gasteiger partial charge in [0.05, 0.1) is 0 Å². The molecule has 1 heterocycles. The van der Waals surface area contributed by atoms with Gasteiger partial charge in [0.25, 0.3) is 0 Å². The number of likely N-dealkylation sites (tertiary alicyclic amines) is 1. The molecule has 0 bridgehead atoms. The zero-order valence-corrected chi connectivity index (χ0v) is 7.47. The molecule has 11 heavy (non-hydrogen) atoms. The highest BCUT2D eigenvalue weighted by atomic mass is 16.2. The molecule has 0 aromatic carbocycles. The lowest BCUT2D eigenvalue weighted by Gasteiger charge is -2.20. The highest BCUT2D eigenvalue weighted by Gasteiger charge is 2.15. The first-order valence-corrected chi connectivity index (χ1v) is 4.45. The van der Waals surface area contributed by atoms with Crippen molar-refractivity contribution < 1.29 is 4.79 Å². The average Bonchev–Trinajstić information content (AvgIpc) is 2.13. The Bertz CT molecular complexity index is 144. The number of rotatable bonds is 0. The maximum atomic E-state index is 11.0. The Morgan fingerprint density at radius 1 is 1.45 bits per heavy atom. The number of amides is 1. The topological polar surface area (TPSA) is 20.3 Å². The van der Waals surface area contributed by atoms with E-state index >= 15 is 0 Å². The van der Waals surface area contributed by atoms with E-state index in [1.807, 2.05) is 4.90 Å². The summed E-state index contributed by atoms with van der Waals surface area (Å²) < 4.78 is 0. The van der Waals surface area contributed by atoms with Gasteiger partial charge >= 0.3 is 0 Å². The lowest BCUT2D eigenvalue weighted by atomic mass is 10.1. The van der Waals surface area contributed by atoms with E-state index in [0.29, 0.717) is 5.92 Å². The normalized spacial score (nSPS) is 26.4. The lowest BCUT2D eigenvalue weighted by Crippen LogP contribution is -2.31. The minimum absolute atomic E-state index is 0.235. The van der Waals surface area contributed by atoms with E-state index in [9.17, 15) is 4.79 Å². The molecule has 0 N–H and O–H groups in total. The van der Waals surface area contributed by atoms with E-state index in [4.69, 9.17) is 0 Å². The quantitative estimate of drug-likeness (QED) is 0.521. The summed E-state index contributed by atoms with van der Waals surface area (Å²) in [5, 5.41) is 0. The monoisotopic (exact) mass is 155 g/mol. The maximum Gasteiger partial charge on any atom is 0.219 e. The third kappa shape index (κ3) is 2.52. The Kier molecular flexibility index (Phi) is 2.92. The second-order valence-electron chi connectivity index (χ2n) is 3.57. The molecule has 1 aliphatic heterocycles. The minimum atomic E-state index is 0.235. The van der Waals surface area contributed by atoms with Crippen LogP contribution >= 0.6 is 0 Å². The Morgan fingerprint density at radius 3 is 2.82 bits per heavy atom. The standard InChI is InChI=1S/C9H17NO/c1-8-5-3-4-6-10(7-8)9(2)11/h8H,3-7H2,1-2H3. The van der Waals surface area contributed by atoms with Crippen LogP contribution in [0, 0.1) is 5.92 Å². The van der Waals surface area contributed by atoms with Crippen LogP contribution in [-0.4, -0.2) is 23.9 Å². The number of nitrogens with zero attached hydrogens (tertiary/aromatic N) is 1. The molecular formula is C9H17NO. The van der Waals surface area contributed by atoms with Crippen LogP contribution in [0.1, 0.15) is 33.1 Å². The van der Waals surface area contributed by atoms with E-state index in [1.165, 1.54) is 19.3 Å². The smallest absolute Gasteiger partial charge is 0.219 e. The molecule has 2 nitrogen and oxygen atoms in total. The van der Waals surface area contributed by atoms with Gasteiger partial charge in [-0.15, -0.1) is 0 Å². The fraction of sp³-hybridized carbons (Fsp3) is 0.889. The zero-order chi connectivity index (χ0) is 8.27.